The Bertz CT molecular complexity index is 641. The molecule has 1 fully saturated rings. The number of carbonyl (C=O) groups is 1. The van der Waals surface area contributed by atoms with E-state index in [1.54, 1.807) is 18.5 Å². The van der Waals surface area contributed by atoms with Gasteiger partial charge in [0.25, 0.3) is 0 Å². The summed E-state index contributed by atoms with van der Waals surface area (Å²) >= 11 is 0. The number of aromatic nitrogens is 4. The van der Waals surface area contributed by atoms with Crippen LogP contribution in [0.15, 0.2) is 18.5 Å². The monoisotopic (exact) mass is 299 g/mol. The van der Waals surface area contributed by atoms with Crippen molar-refractivity contribution in [2.45, 2.75) is 51.5 Å². The van der Waals surface area contributed by atoms with Crippen LogP contribution in [-0.2, 0) is 16.8 Å². The first kappa shape index (κ1) is 14.7. The Hall–Kier alpha value is -2.24. The van der Waals surface area contributed by atoms with E-state index in [1.165, 1.54) is 0 Å². The highest BCUT2D eigenvalue weighted by atomic mass is 16.1. The minimum Gasteiger partial charge on any atom is -0.343 e. The van der Waals surface area contributed by atoms with Crippen LogP contribution in [-0.4, -0.2) is 26.1 Å². The van der Waals surface area contributed by atoms with E-state index in [0.717, 1.165) is 42.0 Å². The van der Waals surface area contributed by atoms with E-state index in [1.807, 2.05) is 13.8 Å². The molecule has 1 aliphatic carbocycles. The fourth-order valence-corrected chi connectivity index (χ4v) is 2.99. The summed E-state index contributed by atoms with van der Waals surface area (Å²) in [6.45, 7) is 3.94. The Morgan fingerprint density at radius 2 is 2.05 bits per heavy atom. The molecule has 0 radical (unpaired) electrons. The molecule has 1 aliphatic rings. The number of aromatic amines is 1. The van der Waals surface area contributed by atoms with Gasteiger partial charge < -0.3 is 5.32 Å². The number of amides is 1. The molecule has 0 unspecified atom stereocenters. The maximum atomic E-state index is 12.3. The lowest BCUT2D eigenvalue weighted by molar-refractivity contribution is -0.124. The number of carbonyl (C=O) groups excluding carboxylic acids is 1. The number of H-pyrrole nitrogens is 1. The van der Waals surface area contributed by atoms with E-state index >= 15 is 0 Å². The van der Waals surface area contributed by atoms with Gasteiger partial charge in [0.05, 0.1) is 11.2 Å². The molecule has 1 amide bonds. The molecule has 2 aromatic rings. The van der Waals surface area contributed by atoms with Crippen molar-refractivity contribution >= 4 is 5.91 Å². The number of nitrogens with zero attached hydrogens (tertiary/aromatic N) is 3. The van der Waals surface area contributed by atoms with E-state index in [9.17, 15) is 4.79 Å². The molecule has 0 atom stereocenters. The molecule has 116 valence electrons. The minimum atomic E-state index is -0.362. The predicted molar refractivity (Wildman–Crippen MR) is 82.1 cm³/mol. The van der Waals surface area contributed by atoms with Gasteiger partial charge in [-0.1, -0.05) is 0 Å². The van der Waals surface area contributed by atoms with Crippen molar-refractivity contribution in [2.24, 2.45) is 0 Å². The summed E-state index contributed by atoms with van der Waals surface area (Å²) in [5.41, 5.74) is 2.78. The smallest absolute Gasteiger partial charge is 0.221 e. The molecule has 22 heavy (non-hydrogen) atoms. The second-order valence-electron chi connectivity index (χ2n) is 5.97. The lowest BCUT2D eigenvalue weighted by Crippen LogP contribution is -2.51. The van der Waals surface area contributed by atoms with Crippen LogP contribution in [0.25, 0.3) is 0 Å². The second-order valence-corrected chi connectivity index (χ2v) is 5.97. The van der Waals surface area contributed by atoms with Crippen molar-refractivity contribution in [1.29, 1.82) is 0 Å². The summed E-state index contributed by atoms with van der Waals surface area (Å²) in [5.74, 6) is 0.775. The van der Waals surface area contributed by atoms with Crippen LogP contribution in [0.4, 0.5) is 0 Å². The zero-order valence-corrected chi connectivity index (χ0v) is 13.0. The summed E-state index contributed by atoms with van der Waals surface area (Å²) in [4.78, 5) is 21.0. The Morgan fingerprint density at radius 3 is 2.59 bits per heavy atom. The van der Waals surface area contributed by atoms with Crippen molar-refractivity contribution < 1.29 is 4.79 Å². The number of nitrogens with one attached hydrogen (secondary N) is 2. The van der Waals surface area contributed by atoms with E-state index in [-0.39, 0.29) is 11.4 Å². The van der Waals surface area contributed by atoms with Crippen LogP contribution in [0.5, 0.6) is 0 Å². The molecule has 2 heterocycles. The van der Waals surface area contributed by atoms with Gasteiger partial charge in [0, 0.05) is 24.5 Å². The van der Waals surface area contributed by atoms with Crippen molar-refractivity contribution in [3.63, 3.8) is 0 Å². The molecule has 0 aliphatic heterocycles. The van der Waals surface area contributed by atoms with E-state index in [4.69, 9.17) is 0 Å². The van der Waals surface area contributed by atoms with E-state index < -0.39 is 0 Å². The summed E-state index contributed by atoms with van der Waals surface area (Å²) in [6, 6.07) is 1.79. The Morgan fingerprint density at radius 1 is 1.32 bits per heavy atom. The van der Waals surface area contributed by atoms with E-state index in [2.05, 4.69) is 25.5 Å². The average Bonchev–Trinajstić information content (AvgIpc) is 2.81. The summed E-state index contributed by atoms with van der Waals surface area (Å²) < 4.78 is 0. The highest BCUT2D eigenvalue weighted by Crippen LogP contribution is 2.39. The van der Waals surface area contributed by atoms with Gasteiger partial charge in [0.1, 0.15) is 0 Å². The third kappa shape index (κ3) is 2.73. The van der Waals surface area contributed by atoms with Gasteiger partial charge in [-0.3, -0.25) is 9.89 Å². The first-order valence-electron chi connectivity index (χ1n) is 7.70. The minimum absolute atomic E-state index is 0.0483. The van der Waals surface area contributed by atoms with Gasteiger partial charge in [-0.15, -0.1) is 0 Å². The molecule has 6 heteroatoms. The van der Waals surface area contributed by atoms with Crippen LogP contribution >= 0.6 is 0 Å². The predicted octanol–water partition coefficient (Wildman–Crippen LogP) is 1.94. The SMILES string of the molecule is Cc1n[nH]c(C)c1CCC(=O)NC1(c2ncccn2)CCC1. The Kier molecular flexibility index (Phi) is 3.92. The van der Waals surface area contributed by atoms with Crippen molar-refractivity contribution in [1.82, 2.24) is 25.5 Å². The third-order valence-corrected chi connectivity index (χ3v) is 4.46. The highest BCUT2D eigenvalue weighted by Gasteiger charge is 2.42. The molecule has 2 aromatic heterocycles. The molecule has 1 saturated carbocycles. The molecule has 0 bridgehead atoms. The Labute approximate surface area is 129 Å². The molecule has 0 spiro atoms. The molecule has 6 nitrogen and oxygen atoms in total. The molecular weight excluding hydrogens is 278 g/mol. The van der Waals surface area contributed by atoms with Gasteiger partial charge >= 0.3 is 0 Å². The maximum Gasteiger partial charge on any atom is 0.221 e. The normalized spacial score (nSPS) is 16.1. The van der Waals surface area contributed by atoms with Gasteiger partial charge in [-0.05, 0) is 51.2 Å². The molecule has 0 saturated heterocycles. The Balaban J connectivity index is 1.64. The summed E-state index contributed by atoms with van der Waals surface area (Å²) in [5, 5.41) is 10.3. The standard InChI is InChI=1S/C16H21N5O/c1-11-13(12(2)21-20-11)5-6-14(22)19-16(7-3-8-16)15-17-9-4-10-18-15/h4,9-10H,3,5-8H2,1-2H3,(H,19,22)(H,20,21). The third-order valence-electron chi connectivity index (χ3n) is 4.46. The molecule has 3 rings (SSSR count). The van der Waals surface area contributed by atoms with Gasteiger partial charge in [-0.25, -0.2) is 9.97 Å². The fraction of sp³-hybridized carbons (Fsp3) is 0.500. The summed E-state index contributed by atoms with van der Waals surface area (Å²) in [7, 11) is 0. The molecular formula is C16H21N5O. The second kappa shape index (κ2) is 5.87. The van der Waals surface area contributed by atoms with Crippen molar-refractivity contribution in [3.05, 3.63) is 41.2 Å². The topological polar surface area (TPSA) is 83.6 Å². The number of hydrogen-bond acceptors (Lipinski definition) is 4. The van der Waals surface area contributed by atoms with Crippen LogP contribution in [0.3, 0.4) is 0 Å². The van der Waals surface area contributed by atoms with Crippen LogP contribution < -0.4 is 5.32 Å². The van der Waals surface area contributed by atoms with Gasteiger partial charge in [0.15, 0.2) is 5.82 Å². The van der Waals surface area contributed by atoms with Gasteiger partial charge in [0.2, 0.25) is 5.91 Å². The fourth-order valence-electron chi connectivity index (χ4n) is 2.99. The van der Waals surface area contributed by atoms with Crippen molar-refractivity contribution in [2.75, 3.05) is 0 Å². The first-order chi connectivity index (χ1) is 10.6. The maximum absolute atomic E-state index is 12.3. The molecule has 2 N–H and O–H groups in total. The van der Waals surface area contributed by atoms with Gasteiger partial charge in [-0.2, -0.15) is 5.10 Å². The molecule has 0 aromatic carbocycles. The van der Waals surface area contributed by atoms with Crippen LogP contribution in [0.1, 0.15) is 48.5 Å². The lowest BCUT2D eigenvalue weighted by atomic mass is 9.75. The number of hydrogen-bond donors (Lipinski definition) is 2. The van der Waals surface area contributed by atoms with Crippen LogP contribution in [0, 0.1) is 13.8 Å². The largest absolute Gasteiger partial charge is 0.343 e. The zero-order valence-electron chi connectivity index (χ0n) is 13.0. The van der Waals surface area contributed by atoms with E-state index in [0.29, 0.717) is 12.8 Å². The number of rotatable bonds is 5. The quantitative estimate of drug-likeness (QED) is 0.884. The summed E-state index contributed by atoms with van der Waals surface area (Å²) in [6.07, 6.45) is 7.53. The lowest BCUT2D eigenvalue weighted by Gasteiger charge is -2.40. The zero-order chi connectivity index (χ0) is 15.6. The van der Waals surface area contributed by atoms with Crippen molar-refractivity contribution in [3.8, 4) is 0 Å². The average molecular weight is 299 g/mol. The number of aryl methyl sites for hydroxylation is 2. The highest BCUT2D eigenvalue weighted by molar-refractivity contribution is 5.77. The van der Waals surface area contributed by atoms with Crippen LogP contribution in [0.2, 0.25) is 0 Å². The first-order valence-corrected chi connectivity index (χ1v) is 7.70.